The van der Waals surface area contributed by atoms with E-state index in [2.05, 4.69) is 15.0 Å². The maximum Gasteiger partial charge on any atom is 0.296 e. The fourth-order valence-corrected chi connectivity index (χ4v) is 4.03. The molecule has 1 fully saturated rings. The highest BCUT2D eigenvalue weighted by atomic mass is 35.5. The van der Waals surface area contributed by atoms with Crippen LogP contribution in [0.1, 0.15) is 26.2 Å². The van der Waals surface area contributed by atoms with Crippen molar-refractivity contribution in [3.05, 3.63) is 35.4 Å². The number of hydrogen-bond acceptors (Lipinski definition) is 7. The molecule has 2 aromatic heterocycles. The summed E-state index contributed by atoms with van der Waals surface area (Å²) in [5.41, 5.74) is 2.54. The summed E-state index contributed by atoms with van der Waals surface area (Å²) < 4.78 is 11.5. The number of hydrogen-bond donors (Lipinski definition) is 4. The number of nitrogens with one attached hydrogen (secondary N) is 1. The van der Waals surface area contributed by atoms with E-state index in [9.17, 15) is 10.2 Å². The number of rotatable bonds is 7. The summed E-state index contributed by atoms with van der Waals surface area (Å²) in [6.07, 6.45) is 0.841. The highest BCUT2D eigenvalue weighted by Gasteiger charge is 2.30. The van der Waals surface area contributed by atoms with Gasteiger partial charge < -0.3 is 29.8 Å². The molecular weight excluding hydrogens is 422 g/mol. The SMILES string of the molecule is CC(CO)Oc1ccc(-c2nc3nc(O[C@H]4CC[C@H](CO)[C@@H](O)C4)[nH]c3cc2Cl)cc1. The number of aliphatic hydroxyl groups excluding tert-OH is 3. The number of ether oxygens (including phenoxy) is 2. The molecule has 4 rings (SSSR count). The van der Waals surface area contributed by atoms with Crippen LogP contribution in [0.5, 0.6) is 11.8 Å². The smallest absolute Gasteiger partial charge is 0.296 e. The van der Waals surface area contributed by atoms with Crippen molar-refractivity contribution < 1.29 is 24.8 Å². The Morgan fingerprint density at radius 3 is 2.65 bits per heavy atom. The van der Waals surface area contributed by atoms with E-state index in [1.165, 1.54) is 0 Å². The van der Waals surface area contributed by atoms with Crippen LogP contribution in [-0.4, -0.2) is 61.8 Å². The van der Waals surface area contributed by atoms with Crippen LogP contribution < -0.4 is 9.47 Å². The Labute approximate surface area is 184 Å². The average molecular weight is 448 g/mol. The van der Waals surface area contributed by atoms with Crippen molar-refractivity contribution in [2.45, 2.75) is 44.5 Å². The third kappa shape index (κ3) is 4.93. The van der Waals surface area contributed by atoms with E-state index < -0.39 is 6.10 Å². The van der Waals surface area contributed by atoms with E-state index in [1.807, 2.05) is 12.1 Å². The van der Waals surface area contributed by atoms with Crippen LogP contribution in [0.25, 0.3) is 22.4 Å². The van der Waals surface area contributed by atoms with E-state index in [-0.39, 0.29) is 31.3 Å². The largest absolute Gasteiger partial charge is 0.488 e. The maximum absolute atomic E-state index is 10.1. The first-order valence-electron chi connectivity index (χ1n) is 10.4. The Balaban J connectivity index is 1.51. The van der Waals surface area contributed by atoms with Gasteiger partial charge in [0.1, 0.15) is 18.0 Å². The topological polar surface area (TPSA) is 121 Å². The monoisotopic (exact) mass is 447 g/mol. The predicted molar refractivity (Wildman–Crippen MR) is 116 cm³/mol. The van der Waals surface area contributed by atoms with Gasteiger partial charge in [-0.1, -0.05) is 11.6 Å². The average Bonchev–Trinajstić information content (AvgIpc) is 3.14. The third-order valence-corrected chi connectivity index (χ3v) is 5.84. The highest BCUT2D eigenvalue weighted by molar-refractivity contribution is 6.33. The lowest BCUT2D eigenvalue weighted by molar-refractivity contribution is -0.0113. The van der Waals surface area contributed by atoms with Gasteiger partial charge in [-0.25, -0.2) is 4.98 Å². The lowest BCUT2D eigenvalue weighted by atomic mass is 9.85. The number of nitrogens with zero attached hydrogens (tertiary/aromatic N) is 2. The summed E-state index contributed by atoms with van der Waals surface area (Å²) in [5, 5.41) is 29.0. The van der Waals surface area contributed by atoms with Crippen LogP contribution in [-0.2, 0) is 0 Å². The highest BCUT2D eigenvalue weighted by Crippen LogP contribution is 2.32. The quantitative estimate of drug-likeness (QED) is 0.439. The zero-order valence-corrected chi connectivity index (χ0v) is 17.9. The summed E-state index contributed by atoms with van der Waals surface area (Å²) in [7, 11) is 0. The molecule has 1 aliphatic rings. The van der Waals surface area contributed by atoms with Crippen LogP contribution in [0.4, 0.5) is 0 Å². The second-order valence-corrected chi connectivity index (χ2v) is 8.34. The number of pyridine rings is 1. The second-order valence-electron chi connectivity index (χ2n) is 7.93. The van der Waals surface area contributed by atoms with Gasteiger partial charge in [-0.3, -0.25) is 0 Å². The van der Waals surface area contributed by atoms with Crippen molar-refractivity contribution in [2.75, 3.05) is 13.2 Å². The van der Waals surface area contributed by atoms with Gasteiger partial charge in [0, 0.05) is 24.5 Å². The number of benzene rings is 1. The molecule has 0 amide bonds. The normalized spacial score (nSPS) is 22.4. The van der Waals surface area contributed by atoms with Crippen LogP contribution in [0, 0.1) is 5.92 Å². The second kappa shape index (κ2) is 9.40. The Hall–Kier alpha value is -2.39. The van der Waals surface area contributed by atoms with Gasteiger partial charge in [-0.05, 0) is 50.1 Å². The molecule has 0 aliphatic heterocycles. The molecule has 0 spiro atoms. The lowest BCUT2D eigenvalue weighted by Crippen LogP contribution is -2.36. The van der Waals surface area contributed by atoms with Crippen LogP contribution in [0.2, 0.25) is 5.02 Å². The number of aromatic amines is 1. The van der Waals surface area contributed by atoms with Crippen molar-refractivity contribution in [2.24, 2.45) is 5.92 Å². The van der Waals surface area contributed by atoms with Gasteiger partial charge in [-0.2, -0.15) is 4.98 Å². The molecule has 8 nitrogen and oxygen atoms in total. The number of aliphatic hydroxyl groups is 3. The van der Waals surface area contributed by atoms with Crippen molar-refractivity contribution in [3.8, 4) is 23.0 Å². The standard InChI is InChI=1S/C22H26ClN3O5/c1-12(10-27)30-15-5-2-13(3-6-15)20-17(23)9-18-21(25-20)26-22(24-18)31-16-7-4-14(11-28)19(29)8-16/h2-3,5-6,9,12,14,16,19,27-29H,4,7-8,10-11H2,1H3,(H,24,25,26)/t12?,14-,16+,19+/m1/s1. The fraction of sp³-hybridized carbons (Fsp3) is 0.455. The summed E-state index contributed by atoms with van der Waals surface area (Å²) in [4.78, 5) is 12.1. The molecule has 1 saturated carbocycles. The Morgan fingerprint density at radius 2 is 1.97 bits per heavy atom. The van der Waals surface area contributed by atoms with Crippen LogP contribution in [0.3, 0.4) is 0 Å². The first kappa shape index (κ1) is 21.8. The first-order valence-corrected chi connectivity index (χ1v) is 10.7. The minimum Gasteiger partial charge on any atom is -0.488 e. The van der Waals surface area contributed by atoms with Crippen molar-refractivity contribution >= 4 is 22.8 Å². The fourth-order valence-electron chi connectivity index (χ4n) is 3.76. The first-order chi connectivity index (χ1) is 15.0. The minimum atomic E-state index is -0.584. The van der Waals surface area contributed by atoms with Gasteiger partial charge in [0.15, 0.2) is 5.65 Å². The van der Waals surface area contributed by atoms with Crippen LogP contribution >= 0.6 is 11.6 Å². The molecule has 31 heavy (non-hydrogen) atoms. The molecule has 2 heterocycles. The van der Waals surface area contributed by atoms with E-state index >= 15 is 0 Å². The van der Waals surface area contributed by atoms with Crippen LogP contribution in [0.15, 0.2) is 30.3 Å². The molecule has 4 atom stereocenters. The minimum absolute atomic E-state index is 0.0166. The predicted octanol–water partition coefficient (Wildman–Crippen LogP) is 2.94. The van der Waals surface area contributed by atoms with Crippen molar-refractivity contribution in [1.82, 2.24) is 15.0 Å². The van der Waals surface area contributed by atoms with E-state index in [0.29, 0.717) is 46.5 Å². The Bertz CT molecular complexity index is 1030. The number of fused-ring (bicyclic) bond motifs is 1. The zero-order valence-electron chi connectivity index (χ0n) is 17.2. The van der Waals surface area contributed by atoms with Gasteiger partial charge in [0.25, 0.3) is 6.01 Å². The summed E-state index contributed by atoms with van der Waals surface area (Å²) in [6.45, 7) is 1.71. The number of halogens is 1. The summed E-state index contributed by atoms with van der Waals surface area (Å²) in [5.74, 6) is 0.554. The number of imidazole rings is 1. The van der Waals surface area contributed by atoms with Gasteiger partial charge in [0.2, 0.25) is 0 Å². The molecule has 9 heteroatoms. The molecule has 1 unspecified atom stereocenters. The molecule has 1 aliphatic carbocycles. The Morgan fingerprint density at radius 1 is 1.19 bits per heavy atom. The van der Waals surface area contributed by atoms with E-state index in [0.717, 1.165) is 12.0 Å². The summed E-state index contributed by atoms with van der Waals surface area (Å²) in [6, 6.07) is 9.40. The third-order valence-electron chi connectivity index (χ3n) is 5.55. The molecule has 0 saturated heterocycles. The lowest BCUT2D eigenvalue weighted by Gasteiger charge is -2.31. The Kier molecular flexibility index (Phi) is 6.62. The molecule has 1 aromatic carbocycles. The van der Waals surface area contributed by atoms with Gasteiger partial charge >= 0.3 is 0 Å². The number of H-pyrrole nitrogens is 1. The zero-order chi connectivity index (χ0) is 22.0. The molecule has 0 radical (unpaired) electrons. The van der Waals surface area contributed by atoms with E-state index in [1.54, 1.807) is 25.1 Å². The van der Waals surface area contributed by atoms with Gasteiger partial charge in [-0.15, -0.1) is 0 Å². The molecule has 3 aromatic rings. The molecular formula is C22H26ClN3O5. The molecule has 166 valence electrons. The molecule has 0 bridgehead atoms. The molecule has 4 N–H and O–H groups in total. The van der Waals surface area contributed by atoms with Crippen molar-refractivity contribution in [3.63, 3.8) is 0 Å². The number of aromatic nitrogens is 3. The summed E-state index contributed by atoms with van der Waals surface area (Å²) >= 11 is 6.46. The van der Waals surface area contributed by atoms with Crippen molar-refractivity contribution in [1.29, 1.82) is 0 Å². The maximum atomic E-state index is 10.1. The van der Waals surface area contributed by atoms with E-state index in [4.69, 9.17) is 26.2 Å². The van der Waals surface area contributed by atoms with Gasteiger partial charge in [0.05, 0.1) is 28.9 Å².